The highest BCUT2D eigenvalue weighted by molar-refractivity contribution is 5.97. The lowest BCUT2D eigenvalue weighted by Crippen LogP contribution is -2.53. The van der Waals surface area contributed by atoms with E-state index in [1.807, 2.05) is 0 Å². The van der Waals surface area contributed by atoms with Crippen molar-refractivity contribution in [1.29, 1.82) is 0 Å². The zero-order valence-corrected chi connectivity index (χ0v) is 37.7. The van der Waals surface area contributed by atoms with E-state index in [2.05, 4.69) is 31.2 Å². The second-order valence-electron chi connectivity index (χ2n) is 16.9. The van der Waals surface area contributed by atoms with E-state index < -0.39 is 72.0 Å². The molecule has 4 heterocycles. The van der Waals surface area contributed by atoms with Gasteiger partial charge in [0, 0.05) is 60.6 Å². The van der Waals surface area contributed by atoms with E-state index in [0.29, 0.717) is 57.2 Å². The summed E-state index contributed by atoms with van der Waals surface area (Å²) in [6.07, 6.45) is 0.292. The number of H-pyrrole nitrogens is 2. The molecule has 346 valence electrons. The van der Waals surface area contributed by atoms with Gasteiger partial charge in [-0.3, -0.25) is 28.8 Å². The third kappa shape index (κ3) is 10.4. The molecule has 0 saturated carbocycles. The van der Waals surface area contributed by atoms with Gasteiger partial charge in [0.2, 0.25) is 23.6 Å². The lowest BCUT2D eigenvalue weighted by Gasteiger charge is -2.30. The van der Waals surface area contributed by atoms with Crippen molar-refractivity contribution >= 4 is 57.4 Å². The topological polar surface area (TPSA) is 207 Å². The van der Waals surface area contributed by atoms with Gasteiger partial charge in [0.15, 0.2) is 0 Å². The smallest absolute Gasteiger partial charge is 0.302 e. The molecule has 2 aromatic carbocycles. The van der Waals surface area contributed by atoms with Crippen molar-refractivity contribution in [3.05, 3.63) is 59.2 Å². The minimum atomic E-state index is -0.867. The molecule has 6 rings (SSSR count). The summed E-state index contributed by atoms with van der Waals surface area (Å²) in [5, 5.41) is 12.8. The number of nitrogens with one attached hydrogen (secondary N) is 6. The lowest BCUT2D eigenvalue weighted by molar-refractivity contribution is -0.147. The molecule has 6 N–H and O–H groups in total. The van der Waals surface area contributed by atoms with Crippen LogP contribution < -0.4 is 21.3 Å². The van der Waals surface area contributed by atoms with E-state index in [0.717, 1.165) is 0 Å². The van der Waals surface area contributed by atoms with Gasteiger partial charge in [-0.2, -0.15) is 0 Å². The van der Waals surface area contributed by atoms with Crippen LogP contribution in [0.2, 0.25) is 0 Å². The number of hydrogen-bond donors (Lipinski definition) is 6. The van der Waals surface area contributed by atoms with Crippen molar-refractivity contribution in [2.45, 2.75) is 129 Å². The van der Waals surface area contributed by atoms with E-state index in [1.165, 1.54) is 38.1 Å². The standard InChI is InChI=1S/C46H60F2N8O8/c1-9-37(53-43(59)23(3)49-7)45(61)55-21-31(63-25(5)57)17-29(55)19-35-33-13-11-27(47)15-39(33)51-41(35)42-36(34-14-12-28(48)16-40(34)52-42)20-30-18-32(64-26(6)58)22-56(30)46(62)38(10-2)54-44(60)24(4)50-8/h11-16,23-24,29-32,37-38,49-52H,9-10,17-22H2,1-8H3,(H,53,59)(H,54,60)/t23-,24-,29-,30?,31-,32-,37-,38-/m0/s1. The average molecular weight is 891 g/mol. The molecule has 2 aliphatic heterocycles. The first kappa shape index (κ1) is 47.6. The predicted octanol–water partition coefficient (Wildman–Crippen LogP) is 3.75. The Labute approximate surface area is 370 Å². The zero-order valence-electron chi connectivity index (χ0n) is 37.7. The number of ether oxygens (including phenoxy) is 2. The summed E-state index contributed by atoms with van der Waals surface area (Å²) in [5.74, 6) is -3.38. The highest BCUT2D eigenvalue weighted by Gasteiger charge is 2.43. The van der Waals surface area contributed by atoms with Gasteiger partial charge >= 0.3 is 11.9 Å². The quantitative estimate of drug-likeness (QED) is 0.0847. The van der Waals surface area contributed by atoms with E-state index in [4.69, 9.17) is 9.47 Å². The number of carbonyl (C=O) groups is 6. The van der Waals surface area contributed by atoms with Crippen LogP contribution in [0, 0.1) is 11.6 Å². The third-order valence-electron chi connectivity index (χ3n) is 12.5. The maximum Gasteiger partial charge on any atom is 0.302 e. The van der Waals surface area contributed by atoms with Crippen molar-refractivity contribution < 1.29 is 47.0 Å². The Balaban J connectivity index is 1.44. The van der Waals surface area contributed by atoms with Gasteiger partial charge in [-0.25, -0.2) is 8.78 Å². The van der Waals surface area contributed by atoms with Crippen molar-refractivity contribution in [1.82, 2.24) is 41.0 Å². The summed E-state index contributed by atoms with van der Waals surface area (Å²) in [6.45, 7) is 9.74. The number of hydrogen-bond acceptors (Lipinski definition) is 10. The molecule has 2 fully saturated rings. The molecule has 0 spiro atoms. The fourth-order valence-corrected chi connectivity index (χ4v) is 9.02. The number of rotatable bonds is 17. The maximum atomic E-state index is 15.0. The number of benzene rings is 2. The monoisotopic (exact) mass is 890 g/mol. The number of aromatic nitrogens is 2. The van der Waals surface area contributed by atoms with Crippen LogP contribution in [0.5, 0.6) is 0 Å². The van der Waals surface area contributed by atoms with Crippen LogP contribution >= 0.6 is 0 Å². The SMILES string of the molecule is CC[C@H](NC(=O)[C@H](C)NC)C(=O)N1C[C@@H](OC(C)=O)CC1Cc1c(-c2[nH]c3cc(F)ccc3c2C[C@@H]2C[C@H](OC(C)=O)CN2C(=O)[C@H](CC)NC(=O)[C@H](C)NC)[nH]c2cc(F)ccc12. The van der Waals surface area contributed by atoms with Gasteiger partial charge < -0.3 is 50.5 Å². The minimum absolute atomic E-state index is 0.0857. The number of esters is 2. The summed E-state index contributed by atoms with van der Waals surface area (Å²) >= 11 is 0. The molecule has 0 aliphatic carbocycles. The summed E-state index contributed by atoms with van der Waals surface area (Å²) in [5.41, 5.74) is 3.37. The van der Waals surface area contributed by atoms with Crippen molar-refractivity contribution in [2.75, 3.05) is 27.2 Å². The second-order valence-corrected chi connectivity index (χ2v) is 16.9. The van der Waals surface area contributed by atoms with Gasteiger partial charge in [0.05, 0.1) is 36.6 Å². The first-order chi connectivity index (χ1) is 30.5. The van der Waals surface area contributed by atoms with Crippen molar-refractivity contribution in [2.24, 2.45) is 0 Å². The zero-order chi connectivity index (χ0) is 46.6. The molecule has 18 heteroatoms. The Kier molecular flexibility index (Phi) is 15.1. The average Bonchev–Trinajstić information content (AvgIpc) is 4.03. The molecule has 0 bridgehead atoms. The molecule has 1 unspecified atom stereocenters. The fraction of sp³-hybridized carbons (Fsp3) is 0.522. The minimum Gasteiger partial charge on any atom is -0.461 e. The fourth-order valence-electron chi connectivity index (χ4n) is 9.02. The first-order valence-electron chi connectivity index (χ1n) is 22.0. The molecule has 2 aromatic heterocycles. The van der Waals surface area contributed by atoms with E-state index in [9.17, 15) is 37.5 Å². The molecule has 4 aromatic rings. The van der Waals surface area contributed by atoms with Crippen LogP contribution in [-0.4, -0.2) is 131 Å². The highest BCUT2D eigenvalue weighted by atomic mass is 19.1. The molecule has 0 radical (unpaired) electrons. The maximum absolute atomic E-state index is 15.0. The number of carbonyl (C=O) groups excluding carboxylic acids is 6. The Bertz CT molecular complexity index is 2240. The molecular formula is C46H60F2N8O8. The summed E-state index contributed by atoms with van der Waals surface area (Å²) in [4.78, 5) is 89.2. The van der Waals surface area contributed by atoms with Crippen LogP contribution in [-0.2, 0) is 51.1 Å². The van der Waals surface area contributed by atoms with Gasteiger partial charge in [-0.15, -0.1) is 0 Å². The van der Waals surface area contributed by atoms with Crippen LogP contribution in [0.15, 0.2) is 36.4 Å². The van der Waals surface area contributed by atoms with Crippen molar-refractivity contribution in [3.8, 4) is 11.4 Å². The normalized spacial score (nSPS) is 20.5. The number of amides is 4. The lowest BCUT2D eigenvalue weighted by atomic mass is 9.94. The van der Waals surface area contributed by atoms with Gasteiger partial charge in [0.25, 0.3) is 0 Å². The number of halogens is 2. The Morgan fingerprint density at radius 1 is 0.672 bits per heavy atom. The Hall–Kier alpha value is -5.88. The largest absolute Gasteiger partial charge is 0.461 e. The molecule has 8 atom stereocenters. The van der Waals surface area contributed by atoms with E-state index in [-0.39, 0.29) is 62.4 Å². The number of nitrogens with zero attached hydrogens (tertiary/aromatic N) is 2. The number of fused-ring (bicyclic) bond motifs is 2. The number of likely N-dealkylation sites (N-methyl/N-ethyl adjacent to an activating group) is 2. The predicted molar refractivity (Wildman–Crippen MR) is 236 cm³/mol. The van der Waals surface area contributed by atoms with Gasteiger partial charge in [-0.05, 0) is 101 Å². The second kappa shape index (κ2) is 20.3. The van der Waals surface area contributed by atoms with Crippen LogP contribution in [0.4, 0.5) is 8.78 Å². The first-order valence-corrected chi connectivity index (χ1v) is 22.0. The van der Waals surface area contributed by atoms with Gasteiger partial charge in [-0.1, -0.05) is 13.8 Å². The molecule has 2 saturated heterocycles. The summed E-state index contributed by atoms with van der Waals surface area (Å²) in [6, 6.07) is 4.78. The highest BCUT2D eigenvalue weighted by Crippen LogP contribution is 2.40. The molecule has 2 aliphatic rings. The Morgan fingerprint density at radius 2 is 1.05 bits per heavy atom. The molecular weight excluding hydrogens is 831 g/mol. The molecule has 64 heavy (non-hydrogen) atoms. The van der Waals surface area contributed by atoms with E-state index >= 15 is 0 Å². The van der Waals surface area contributed by atoms with E-state index in [1.54, 1.807) is 63.7 Å². The van der Waals surface area contributed by atoms with Crippen LogP contribution in [0.25, 0.3) is 33.2 Å². The van der Waals surface area contributed by atoms with Gasteiger partial charge in [0.1, 0.15) is 35.9 Å². The summed E-state index contributed by atoms with van der Waals surface area (Å²) < 4.78 is 41.3. The number of likely N-dealkylation sites (tertiary alicyclic amines) is 2. The summed E-state index contributed by atoms with van der Waals surface area (Å²) in [7, 11) is 3.29. The van der Waals surface area contributed by atoms with Crippen LogP contribution in [0.3, 0.4) is 0 Å². The van der Waals surface area contributed by atoms with Crippen molar-refractivity contribution in [3.63, 3.8) is 0 Å². The third-order valence-corrected chi connectivity index (χ3v) is 12.5. The van der Waals surface area contributed by atoms with Crippen LogP contribution in [0.1, 0.15) is 78.4 Å². The Morgan fingerprint density at radius 3 is 1.38 bits per heavy atom. The molecule has 4 amide bonds. The number of aromatic amines is 2. The molecule has 16 nitrogen and oxygen atoms in total.